The Bertz CT molecular complexity index is 312. The smallest absolute Gasteiger partial charge is 0.153 e. The van der Waals surface area contributed by atoms with Crippen molar-refractivity contribution in [2.45, 2.75) is 18.9 Å². The average Bonchev–Trinajstić information content (AvgIpc) is 2.12. The minimum Gasteiger partial charge on any atom is -0.409 e. The molecule has 0 aliphatic carbocycles. The van der Waals surface area contributed by atoms with Crippen molar-refractivity contribution >= 4 is 15.7 Å². The maximum atomic E-state index is 11.2. The molecule has 0 saturated carbocycles. The van der Waals surface area contributed by atoms with Crippen LogP contribution < -0.4 is 11.1 Å². The average molecular weight is 221 g/mol. The van der Waals surface area contributed by atoms with Gasteiger partial charge in [0.05, 0.1) is 18.1 Å². The van der Waals surface area contributed by atoms with Crippen LogP contribution in [0.1, 0.15) is 12.8 Å². The molecule has 0 spiro atoms. The van der Waals surface area contributed by atoms with Crippen molar-refractivity contribution in [1.29, 1.82) is 0 Å². The molecule has 1 aliphatic heterocycles. The van der Waals surface area contributed by atoms with Gasteiger partial charge in [-0.15, -0.1) is 0 Å². The Morgan fingerprint density at radius 2 is 2.36 bits per heavy atom. The number of nitrogens with two attached hydrogens (primary N) is 1. The van der Waals surface area contributed by atoms with E-state index in [1.807, 2.05) is 0 Å². The van der Waals surface area contributed by atoms with Crippen LogP contribution in [0.4, 0.5) is 0 Å². The number of nitrogens with zero attached hydrogens (tertiary/aromatic N) is 1. The minimum absolute atomic E-state index is 0.0629. The van der Waals surface area contributed by atoms with E-state index >= 15 is 0 Å². The lowest BCUT2D eigenvalue weighted by atomic mass is 10.2. The number of rotatable bonds is 3. The van der Waals surface area contributed by atoms with Gasteiger partial charge in [-0.3, -0.25) is 0 Å². The van der Waals surface area contributed by atoms with E-state index in [1.54, 1.807) is 0 Å². The number of hydrogen-bond acceptors (Lipinski definition) is 5. The zero-order valence-corrected chi connectivity index (χ0v) is 8.63. The van der Waals surface area contributed by atoms with Crippen LogP contribution in [0.25, 0.3) is 0 Å². The molecule has 82 valence electrons. The van der Waals surface area contributed by atoms with Crippen LogP contribution in [0.2, 0.25) is 0 Å². The predicted molar refractivity (Wildman–Crippen MR) is 53.1 cm³/mol. The quantitative estimate of drug-likeness (QED) is 0.243. The molecule has 0 aromatic carbocycles. The first-order chi connectivity index (χ1) is 6.53. The fourth-order valence-corrected chi connectivity index (χ4v) is 3.14. The van der Waals surface area contributed by atoms with Gasteiger partial charge in [0.25, 0.3) is 0 Å². The van der Waals surface area contributed by atoms with Crippen molar-refractivity contribution in [3.63, 3.8) is 0 Å². The second kappa shape index (κ2) is 4.61. The molecule has 14 heavy (non-hydrogen) atoms. The Balaban J connectivity index is 2.39. The maximum Gasteiger partial charge on any atom is 0.153 e. The summed E-state index contributed by atoms with van der Waals surface area (Å²) in [5, 5.41) is 14.0. The van der Waals surface area contributed by atoms with Gasteiger partial charge in [-0.25, -0.2) is 8.42 Å². The number of amidine groups is 1. The van der Waals surface area contributed by atoms with Gasteiger partial charge < -0.3 is 16.3 Å². The summed E-state index contributed by atoms with van der Waals surface area (Å²) in [7, 11) is -2.89. The molecule has 1 rings (SSSR count). The monoisotopic (exact) mass is 221 g/mol. The molecule has 1 fully saturated rings. The Hall–Kier alpha value is -0.820. The van der Waals surface area contributed by atoms with Gasteiger partial charge in [-0.1, -0.05) is 5.16 Å². The number of sulfone groups is 1. The van der Waals surface area contributed by atoms with Gasteiger partial charge in [0.1, 0.15) is 0 Å². The molecule has 1 aliphatic rings. The predicted octanol–water partition coefficient (Wildman–Crippen LogP) is -1.10. The Morgan fingerprint density at radius 1 is 1.64 bits per heavy atom. The highest BCUT2D eigenvalue weighted by molar-refractivity contribution is 7.91. The molecule has 1 unspecified atom stereocenters. The third-order valence-electron chi connectivity index (χ3n) is 2.16. The first-order valence-electron chi connectivity index (χ1n) is 4.44. The zero-order valence-electron chi connectivity index (χ0n) is 7.81. The van der Waals surface area contributed by atoms with Gasteiger partial charge in [0.2, 0.25) is 0 Å². The van der Waals surface area contributed by atoms with Crippen LogP contribution in [0, 0.1) is 0 Å². The lowest BCUT2D eigenvalue weighted by molar-refractivity contribution is 0.316. The first kappa shape index (κ1) is 11.3. The number of oxime groups is 1. The molecule has 0 radical (unpaired) electrons. The Kier molecular flexibility index (Phi) is 3.70. The summed E-state index contributed by atoms with van der Waals surface area (Å²) in [4.78, 5) is 0. The Morgan fingerprint density at radius 3 is 2.93 bits per heavy atom. The second-order valence-corrected chi connectivity index (χ2v) is 5.65. The van der Waals surface area contributed by atoms with Crippen molar-refractivity contribution in [2.75, 3.05) is 18.1 Å². The van der Waals surface area contributed by atoms with Gasteiger partial charge in [0, 0.05) is 6.04 Å². The molecule has 0 aromatic heterocycles. The van der Waals surface area contributed by atoms with E-state index in [9.17, 15) is 8.42 Å². The molecule has 1 saturated heterocycles. The molecule has 0 aromatic rings. The fourth-order valence-electron chi connectivity index (χ4n) is 1.47. The van der Waals surface area contributed by atoms with Crippen molar-refractivity contribution in [3.05, 3.63) is 0 Å². The summed E-state index contributed by atoms with van der Waals surface area (Å²) >= 11 is 0. The lowest BCUT2D eigenvalue weighted by Crippen LogP contribution is -2.43. The van der Waals surface area contributed by atoms with Gasteiger partial charge in [0.15, 0.2) is 15.7 Å². The van der Waals surface area contributed by atoms with Crippen LogP contribution in [-0.2, 0) is 9.84 Å². The van der Waals surface area contributed by atoms with Crippen molar-refractivity contribution < 1.29 is 13.6 Å². The normalized spacial score (nSPS) is 27.4. The summed E-state index contributed by atoms with van der Waals surface area (Å²) in [6, 6.07) is -0.0750. The molecule has 1 heterocycles. The summed E-state index contributed by atoms with van der Waals surface area (Å²) < 4.78 is 22.4. The van der Waals surface area contributed by atoms with Crippen molar-refractivity contribution in [3.8, 4) is 0 Å². The SMILES string of the molecule is NC(CNC1CCCS(=O)(=O)C1)=NO. The van der Waals surface area contributed by atoms with E-state index < -0.39 is 9.84 Å². The summed E-state index contributed by atoms with van der Waals surface area (Å²) in [6.45, 7) is 0.219. The summed E-state index contributed by atoms with van der Waals surface area (Å²) in [5.41, 5.74) is 5.25. The number of nitrogens with one attached hydrogen (secondary N) is 1. The molecule has 1 atom stereocenters. The standard InChI is InChI=1S/C7H15N3O3S/c8-7(10-11)4-9-6-2-1-3-14(12,13)5-6/h6,9,11H,1-5H2,(H2,8,10). The van der Waals surface area contributed by atoms with E-state index in [1.165, 1.54) is 0 Å². The summed E-state index contributed by atoms with van der Waals surface area (Å²) in [6.07, 6.45) is 1.49. The summed E-state index contributed by atoms with van der Waals surface area (Å²) in [5.74, 6) is 0.480. The van der Waals surface area contributed by atoms with Crippen LogP contribution in [-0.4, -0.2) is 43.6 Å². The third kappa shape index (κ3) is 3.51. The molecular weight excluding hydrogens is 206 g/mol. The number of hydrogen-bond donors (Lipinski definition) is 3. The first-order valence-corrected chi connectivity index (χ1v) is 6.26. The van der Waals surface area contributed by atoms with E-state index in [2.05, 4.69) is 10.5 Å². The Labute approximate surface area is 83.1 Å². The molecular formula is C7H15N3O3S. The van der Waals surface area contributed by atoms with Crippen LogP contribution in [0.3, 0.4) is 0 Å². The van der Waals surface area contributed by atoms with Crippen molar-refractivity contribution in [1.82, 2.24) is 5.32 Å². The van der Waals surface area contributed by atoms with E-state index in [4.69, 9.17) is 10.9 Å². The fraction of sp³-hybridized carbons (Fsp3) is 0.857. The highest BCUT2D eigenvalue weighted by atomic mass is 32.2. The van der Waals surface area contributed by atoms with Gasteiger partial charge >= 0.3 is 0 Å². The van der Waals surface area contributed by atoms with E-state index in [0.29, 0.717) is 6.42 Å². The van der Waals surface area contributed by atoms with Crippen LogP contribution >= 0.6 is 0 Å². The molecule has 6 nitrogen and oxygen atoms in total. The third-order valence-corrected chi connectivity index (χ3v) is 3.98. The van der Waals surface area contributed by atoms with Crippen LogP contribution in [0.15, 0.2) is 5.16 Å². The zero-order chi connectivity index (χ0) is 10.6. The topological polar surface area (TPSA) is 105 Å². The molecule has 4 N–H and O–H groups in total. The molecule has 0 amide bonds. The van der Waals surface area contributed by atoms with Gasteiger partial charge in [-0.2, -0.15) is 0 Å². The van der Waals surface area contributed by atoms with E-state index in [0.717, 1.165) is 6.42 Å². The van der Waals surface area contributed by atoms with Crippen molar-refractivity contribution in [2.24, 2.45) is 10.9 Å². The second-order valence-electron chi connectivity index (χ2n) is 3.43. The van der Waals surface area contributed by atoms with Crippen LogP contribution in [0.5, 0.6) is 0 Å². The van der Waals surface area contributed by atoms with Gasteiger partial charge in [-0.05, 0) is 12.8 Å². The molecule has 7 heteroatoms. The lowest BCUT2D eigenvalue weighted by Gasteiger charge is -2.22. The maximum absolute atomic E-state index is 11.2. The largest absolute Gasteiger partial charge is 0.409 e. The molecule has 0 bridgehead atoms. The highest BCUT2D eigenvalue weighted by Gasteiger charge is 2.24. The van der Waals surface area contributed by atoms with E-state index in [-0.39, 0.29) is 29.9 Å². The highest BCUT2D eigenvalue weighted by Crippen LogP contribution is 2.11. The minimum atomic E-state index is -2.89.